The van der Waals surface area contributed by atoms with Gasteiger partial charge in [0.15, 0.2) is 0 Å². The Kier molecular flexibility index (Phi) is 4.20. The van der Waals surface area contributed by atoms with Crippen molar-refractivity contribution >= 4 is 6.47 Å². The highest BCUT2D eigenvalue weighted by Crippen LogP contribution is 1.80. The Morgan fingerprint density at radius 2 is 2.50 bits per heavy atom. The third-order valence-electron chi connectivity index (χ3n) is 0.417. The highest BCUT2D eigenvalue weighted by molar-refractivity contribution is 5.35. The fraction of sp³-hybridized carbons (Fsp3) is 0.750. The van der Waals surface area contributed by atoms with Crippen molar-refractivity contribution in [1.29, 1.82) is 0 Å². The standard InChI is InChI=1S/C4H8O4/c1-4(6)2-7-8-3-5/h3-4,6H,2H2,1H3. The van der Waals surface area contributed by atoms with E-state index >= 15 is 0 Å². The van der Waals surface area contributed by atoms with Crippen molar-refractivity contribution in [2.75, 3.05) is 6.61 Å². The maximum absolute atomic E-state index is 9.36. The average Bonchev–Trinajstić information content (AvgIpc) is 1.66. The summed E-state index contributed by atoms with van der Waals surface area (Å²) in [4.78, 5) is 17.3. The summed E-state index contributed by atoms with van der Waals surface area (Å²) < 4.78 is 0. The summed E-state index contributed by atoms with van der Waals surface area (Å²) in [6, 6.07) is 0. The molecule has 0 heterocycles. The van der Waals surface area contributed by atoms with Crippen LogP contribution in [0, 0.1) is 0 Å². The van der Waals surface area contributed by atoms with E-state index in [2.05, 4.69) is 9.78 Å². The first-order valence-electron chi connectivity index (χ1n) is 2.17. The third-order valence-corrected chi connectivity index (χ3v) is 0.417. The average molecular weight is 120 g/mol. The van der Waals surface area contributed by atoms with Crippen LogP contribution in [0.1, 0.15) is 6.92 Å². The molecule has 0 aliphatic carbocycles. The lowest BCUT2D eigenvalue weighted by atomic mass is 10.5. The van der Waals surface area contributed by atoms with Gasteiger partial charge in [0.25, 0.3) is 0 Å². The van der Waals surface area contributed by atoms with Crippen molar-refractivity contribution in [3.05, 3.63) is 0 Å². The Labute approximate surface area is 46.9 Å². The summed E-state index contributed by atoms with van der Waals surface area (Å²) in [5.74, 6) is 0. The molecule has 0 saturated heterocycles. The molecule has 0 aromatic heterocycles. The molecule has 0 aromatic carbocycles. The molecule has 0 fully saturated rings. The van der Waals surface area contributed by atoms with Gasteiger partial charge in [-0.2, -0.15) is 4.89 Å². The smallest absolute Gasteiger partial charge is 0.330 e. The van der Waals surface area contributed by atoms with E-state index in [0.717, 1.165) is 0 Å². The van der Waals surface area contributed by atoms with Crippen LogP contribution in [-0.2, 0) is 14.6 Å². The molecule has 1 unspecified atom stereocenters. The maximum Gasteiger partial charge on any atom is 0.330 e. The van der Waals surface area contributed by atoms with E-state index in [-0.39, 0.29) is 13.1 Å². The molecule has 0 aliphatic heterocycles. The second-order valence-electron chi connectivity index (χ2n) is 1.33. The van der Waals surface area contributed by atoms with Gasteiger partial charge in [-0.25, -0.2) is 0 Å². The van der Waals surface area contributed by atoms with Crippen molar-refractivity contribution in [3.8, 4) is 0 Å². The van der Waals surface area contributed by atoms with Gasteiger partial charge >= 0.3 is 6.47 Å². The second kappa shape index (κ2) is 4.55. The fourth-order valence-electron chi connectivity index (χ4n) is 0.166. The maximum atomic E-state index is 9.36. The third kappa shape index (κ3) is 5.39. The monoisotopic (exact) mass is 120 g/mol. The minimum absolute atomic E-state index is 0.0126. The highest BCUT2D eigenvalue weighted by atomic mass is 17.2. The first-order valence-corrected chi connectivity index (χ1v) is 2.17. The van der Waals surface area contributed by atoms with Crippen molar-refractivity contribution in [1.82, 2.24) is 0 Å². The molecule has 0 saturated carbocycles. The molecule has 1 N–H and O–H groups in total. The Morgan fingerprint density at radius 3 is 2.88 bits per heavy atom. The van der Waals surface area contributed by atoms with Gasteiger partial charge in [-0.05, 0) is 6.92 Å². The van der Waals surface area contributed by atoms with E-state index in [1.807, 2.05) is 0 Å². The van der Waals surface area contributed by atoms with E-state index in [4.69, 9.17) is 5.11 Å². The van der Waals surface area contributed by atoms with Crippen molar-refractivity contribution in [2.24, 2.45) is 0 Å². The summed E-state index contributed by atoms with van der Waals surface area (Å²) in [6.07, 6.45) is -0.602. The first-order chi connectivity index (χ1) is 3.77. The molecule has 8 heavy (non-hydrogen) atoms. The SMILES string of the molecule is CC(O)COOC=O. The molecule has 0 bridgehead atoms. The second-order valence-corrected chi connectivity index (χ2v) is 1.33. The molecular weight excluding hydrogens is 112 g/mol. The van der Waals surface area contributed by atoms with Gasteiger partial charge in [0.05, 0.1) is 6.10 Å². The topological polar surface area (TPSA) is 55.8 Å². The van der Waals surface area contributed by atoms with E-state index in [1.165, 1.54) is 6.92 Å². The Balaban J connectivity index is 2.81. The molecule has 0 spiro atoms. The summed E-state index contributed by atoms with van der Waals surface area (Å²) in [5, 5.41) is 8.46. The molecule has 0 radical (unpaired) electrons. The van der Waals surface area contributed by atoms with Gasteiger partial charge in [-0.3, -0.25) is 4.79 Å². The van der Waals surface area contributed by atoms with Gasteiger partial charge < -0.3 is 9.99 Å². The molecule has 4 nitrogen and oxygen atoms in total. The van der Waals surface area contributed by atoms with Crippen molar-refractivity contribution in [2.45, 2.75) is 13.0 Å². The molecular formula is C4H8O4. The van der Waals surface area contributed by atoms with E-state index in [0.29, 0.717) is 0 Å². The van der Waals surface area contributed by atoms with E-state index in [1.54, 1.807) is 0 Å². The molecule has 0 rings (SSSR count). The van der Waals surface area contributed by atoms with Crippen LogP contribution in [-0.4, -0.2) is 24.3 Å². The van der Waals surface area contributed by atoms with Crippen molar-refractivity contribution < 1.29 is 19.7 Å². The number of hydrogen-bond donors (Lipinski definition) is 1. The zero-order valence-electron chi connectivity index (χ0n) is 4.53. The zero-order chi connectivity index (χ0) is 6.41. The Morgan fingerprint density at radius 1 is 1.88 bits per heavy atom. The fourth-order valence-corrected chi connectivity index (χ4v) is 0.166. The lowest BCUT2D eigenvalue weighted by Crippen LogP contribution is -2.09. The highest BCUT2D eigenvalue weighted by Gasteiger charge is 1.93. The van der Waals surface area contributed by atoms with Crippen LogP contribution < -0.4 is 0 Å². The predicted octanol–water partition coefficient (Wildman–Crippen LogP) is -0.528. The van der Waals surface area contributed by atoms with Crippen LogP contribution in [0.25, 0.3) is 0 Å². The van der Waals surface area contributed by atoms with E-state index < -0.39 is 6.10 Å². The lowest BCUT2D eigenvalue weighted by Gasteiger charge is -1.99. The molecule has 4 heteroatoms. The van der Waals surface area contributed by atoms with Gasteiger partial charge in [0.2, 0.25) is 0 Å². The van der Waals surface area contributed by atoms with Crippen LogP contribution in [0.2, 0.25) is 0 Å². The molecule has 48 valence electrons. The van der Waals surface area contributed by atoms with Gasteiger partial charge in [-0.15, -0.1) is 0 Å². The quantitative estimate of drug-likeness (QED) is 0.234. The minimum Gasteiger partial charge on any atom is -0.391 e. The Bertz CT molecular complexity index is 61.1. The Hall–Kier alpha value is -0.610. The lowest BCUT2D eigenvalue weighted by molar-refractivity contribution is -0.267. The molecule has 0 amide bonds. The number of rotatable bonds is 4. The van der Waals surface area contributed by atoms with Crippen LogP contribution in [0.5, 0.6) is 0 Å². The summed E-state index contributed by atoms with van der Waals surface area (Å²) >= 11 is 0. The van der Waals surface area contributed by atoms with Gasteiger partial charge in [0, 0.05) is 0 Å². The normalized spacial score (nSPS) is 12.8. The minimum atomic E-state index is -0.602. The molecule has 1 atom stereocenters. The molecule has 0 aliphatic rings. The van der Waals surface area contributed by atoms with Crippen LogP contribution >= 0.6 is 0 Å². The van der Waals surface area contributed by atoms with Crippen LogP contribution in [0.3, 0.4) is 0 Å². The van der Waals surface area contributed by atoms with Gasteiger partial charge in [-0.1, -0.05) is 0 Å². The van der Waals surface area contributed by atoms with Gasteiger partial charge in [0.1, 0.15) is 6.61 Å². The molecule has 0 aromatic rings. The van der Waals surface area contributed by atoms with Crippen LogP contribution in [0.15, 0.2) is 0 Å². The number of aliphatic hydroxyl groups excluding tert-OH is 1. The van der Waals surface area contributed by atoms with Crippen LogP contribution in [0.4, 0.5) is 0 Å². The summed E-state index contributed by atoms with van der Waals surface area (Å²) in [6.45, 7) is 1.69. The van der Waals surface area contributed by atoms with E-state index in [9.17, 15) is 4.79 Å². The predicted molar refractivity (Wildman–Crippen MR) is 24.8 cm³/mol. The number of aliphatic hydroxyl groups is 1. The largest absolute Gasteiger partial charge is 0.391 e. The summed E-state index contributed by atoms with van der Waals surface area (Å²) in [7, 11) is 0. The number of hydrogen-bond acceptors (Lipinski definition) is 4. The first kappa shape index (κ1) is 7.39. The summed E-state index contributed by atoms with van der Waals surface area (Å²) in [5.41, 5.74) is 0. The zero-order valence-corrected chi connectivity index (χ0v) is 4.53. The number of carbonyl (C=O) groups is 1. The number of carbonyl (C=O) groups excluding carboxylic acids is 1. The van der Waals surface area contributed by atoms with Crippen molar-refractivity contribution in [3.63, 3.8) is 0 Å².